The van der Waals surface area contributed by atoms with Gasteiger partial charge in [-0.2, -0.15) is 0 Å². The van der Waals surface area contributed by atoms with Crippen LogP contribution in [-0.2, 0) is 0 Å². The highest BCUT2D eigenvalue weighted by molar-refractivity contribution is 5.96. The molecule has 0 unspecified atom stereocenters. The van der Waals surface area contributed by atoms with Crippen LogP contribution in [0, 0.1) is 0 Å². The van der Waals surface area contributed by atoms with Crippen molar-refractivity contribution in [1.82, 2.24) is 15.2 Å². The fourth-order valence-electron chi connectivity index (χ4n) is 2.32. The molecule has 118 valence electrons. The van der Waals surface area contributed by atoms with Crippen molar-refractivity contribution in [2.75, 3.05) is 19.7 Å². The van der Waals surface area contributed by atoms with Gasteiger partial charge in [0, 0.05) is 31.4 Å². The highest BCUT2D eigenvalue weighted by Crippen LogP contribution is 2.13. The molecule has 1 aromatic rings. The average molecular weight is 293 g/mol. The molecular formula is C16H27N3O2. The van der Waals surface area contributed by atoms with Gasteiger partial charge in [0.2, 0.25) is 5.88 Å². The second-order valence-corrected chi connectivity index (χ2v) is 5.47. The van der Waals surface area contributed by atoms with Gasteiger partial charge in [-0.25, -0.2) is 4.98 Å². The molecular weight excluding hydrogens is 266 g/mol. The van der Waals surface area contributed by atoms with Gasteiger partial charge in [-0.3, -0.25) is 9.69 Å². The molecule has 1 amide bonds. The highest BCUT2D eigenvalue weighted by atomic mass is 16.5. The molecule has 0 saturated carbocycles. The quantitative estimate of drug-likeness (QED) is 0.799. The molecule has 5 heteroatoms. The van der Waals surface area contributed by atoms with Crippen molar-refractivity contribution < 1.29 is 9.53 Å². The maximum absolute atomic E-state index is 12.2. The second kappa shape index (κ2) is 8.62. The molecule has 5 nitrogen and oxygen atoms in total. The maximum atomic E-state index is 12.2. The maximum Gasteiger partial charge on any atom is 0.256 e. The molecule has 0 bridgehead atoms. The molecule has 0 atom stereocenters. The lowest BCUT2D eigenvalue weighted by Gasteiger charge is -2.30. The summed E-state index contributed by atoms with van der Waals surface area (Å²) >= 11 is 0. The molecule has 1 aromatic heterocycles. The number of pyridine rings is 1. The predicted octanol–water partition coefficient (Wildman–Crippen LogP) is 2.33. The Hall–Kier alpha value is -1.62. The van der Waals surface area contributed by atoms with Crippen LogP contribution in [0.25, 0.3) is 0 Å². The lowest BCUT2D eigenvalue weighted by atomic mass is 10.2. The Labute approximate surface area is 127 Å². The van der Waals surface area contributed by atoms with Gasteiger partial charge in [0.25, 0.3) is 5.91 Å². The number of carbonyl (C=O) groups excluding carboxylic acids is 1. The van der Waals surface area contributed by atoms with Crippen LogP contribution in [0.2, 0.25) is 0 Å². The number of hydrogen-bond acceptors (Lipinski definition) is 4. The van der Waals surface area contributed by atoms with Crippen molar-refractivity contribution in [3.05, 3.63) is 23.9 Å². The van der Waals surface area contributed by atoms with Crippen molar-refractivity contribution >= 4 is 5.91 Å². The van der Waals surface area contributed by atoms with E-state index in [0.29, 0.717) is 36.7 Å². The summed E-state index contributed by atoms with van der Waals surface area (Å²) in [5.74, 6) is 0.251. The second-order valence-electron chi connectivity index (χ2n) is 5.47. The van der Waals surface area contributed by atoms with Crippen LogP contribution >= 0.6 is 0 Å². The van der Waals surface area contributed by atoms with E-state index in [-0.39, 0.29) is 5.91 Å². The fourth-order valence-corrected chi connectivity index (χ4v) is 2.32. The van der Waals surface area contributed by atoms with Crippen LogP contribution in [0.3, 0.4) is 0 Å². The third kappa shape index (κ3) is 5.34. The SMILES string of the molecule is CCOc1ncccc1C(=O)NCCN(C(C)C)C(C)C. The van der Waals surface area contributed by atoms with Crippen molar-refractivity contribution in [3.63, 3.8) is 0 Å². The van der Waals surface area contributed by atoms with Crippen LogP contribution in [0.5, 0.6) is 5.88 Å². The molecule has 0 spiro atoms. The minimum absolute atomic E-state index is 0.140. The van der Waals surface area contributed by atoms with Crippen LogP contribution in [0.1, 0.15) is 45.0 Å². The number of nitrogens with one attached hydrogen (secondary N) is 1. The van der Waals surface area contributed by atoms with Crippen LogP contribution in [-0.4, -0.2) is 47.6 Å². The van der Waals surface area contributed by atoms with E-state index >= 15 is 0 Å². The van der Waals surface area contributed by atoms with E-state index in [2.05, 4.69) is 42.9 Å². The van der Waals surface area contributed by atoms with E-state index in [1.165, 1.54) is 0 Å². The zero-order valence-corrected chi connectivity index (χ0v) is 13.7. The van der Waals surface area contributed by atoms with Crippen LogP contribution in [0.15, 0.2) is 18.3 Å². The number of ether oxygens (including phenoxy) is 1. The number of rotatable bonds is 8. The largest absolute Gasteiger partial charge is 0.477 e. The third-order valence-electron chi connectivity index (χ3n) is 3.28. The van der Waals surface area contributed by atoms with E-state index < -0.39 is 0 Å². The summed E-state index contributed by atoms with van der Waals surface area (Å²) in [6.45, 7) is 12.4. The summed E-state index contributed by atoms with van der Waals surface area (Å²) in [6, 6.07) is 4.39. The molecule has 0 radical (unpaired) electrons. The van der Waals surface area contributed by atoms with Crippen molar-refractivity contribution in [2.45, 2.75) is 46.7 Å². The average Bonchev–Trinajstić information content (AvgIpc) is 2.43. The Morgan fingerprint density at radius 1 is 1.33 bits per heavy atom. The van der Waals surface area contributed by atoms with E-state index in [1.807, 2.05) is 6.92 Å². The van der Waals surface area contributed by atoms with Crippen molar-refractivity contribution in [3.8, 4) is 5.88 Å². The van der Waals surface area contributed by atoms with Gasteiger partial charge < -0.3 is 10.1 Å². The van der Waals surface area contributed by atoms with Gasteiger partial charge in [-0.05, 0) is 46.8 Å². The first-order chi connectivity index (χ1) is 9.97. The third-order valence-corrected chi connectivity index (χ3v) is 3.28. The summed E-state index contributed by atoms with van der Waals surface area (Å²) < 4.78 is 5.38. The van der Waals surface area contributed by atoms with Crippen molar-refractivity contribution in [1.29, 1.82) is 0 Å². The minimum Gasteiger partial charge on any atom is -0.477 e. The Balaban J connectivity index is 2.58. The van der Waals surface area contributed by atoms with Gasteiger partial charge in [-0.15, -0.1) is 0 Å². The number of nitrogens with zero attached hydrogens (tertiary/aromatic N) is 2. The minimum atomic E-state index is -0.140. The lowest BCUT2D eigenvalue weighted by molar-refractivity contribution is 0.0934. The molecule has 21 heavy (non-hydrogen) atoms. The lowest BCUT2D eigenvalue weighted by Crippen LogP contribution is -2.42. The summed E-state index contributed by atoms with van der Waals surface area (Å²) in [5, 5.41) is 2.94. The molecule has 0 fully saturated rings. The van der Waals surface area contributed by atoms with Crippen LogP contribution in [0.4, 0.5) is 0 Å². The molecule has 0 saturated heterocycles. The Bertz CT molecular complexity index is 439. The topological polar surface area (TPSA) is 54.5 Å². The molecule has 0 aliphatic heterocycles. The van der Waals surface area contributed by atoms with E-state index in [4.69, 9.17) is 4.74 Å². The van der Waals surface area contributed by atoms with Gasteiger partial charge in [0.1, 0.15) is 5.56 Å². The van der Waals surface area contributed by atoms with Gasteiger partial charge in [0.15, 0.2) is 0 Å². The molecule has 0 aromatic carbocycles. The van der Waals surface area contributed by atoms with E-state index in [1.54, 1.807) is 18.3 Å². The molecule has 1 rings (SSSR count). The zero-order chi connectivity index (χ0) is 15.8. The molecule has 0 aliphatic rings. The summed E-state index contributed by atoms with van der Waals surface area (Å²) in [7, 11) is 0. The number of amides is 1. The first-order valence-corrected chi connectivity index (χ1v) is 7.59. The standard InChI is InChI=1S/C16H27N3O2/c1-6-21-16-14(8-7-9-18-16)15(20)17-10-11-19(12(2)3)13(4)5/h7-9,12-13H,6,10-11H2,1-5H3,(H,17,20). The Morgan fingerprint density at radius 3 is 2.57 bits per heavy atom. The van der Waals surface area contributed by atoms with E-state index in [0.717, 1.165) is 6.54 Å². The summed E-state index contributed by atoms with van der Waals surface area (Å²) in [4.78, 5) is 18.6. The van der Waals surface area contributed by atoms with Gasteiger partial charge >= 0.3 is 0 Å². The molecule has 1 heterocycles. The summed E-state index contributed by atoms with van der Waals surface area (Å²) in [5.41, 5.74) is 0.486. The van der Waals surface area contributed by atoms with Crippen LogP contribution < -0.4 is 10.1 Å². The Morgan fingerprint density at radius 2 is 2.00 bits per heavy atom. The smallest absolute Gasteiger partial charge is 0.256 e. The van der Waals surface area contributed by atoms with Gasteiger partial charge in [-0.1, -0.05) is 0 Å². The monoisotopic (exact) mass is 293 g/mol. The first kappa shape index (κ1) is 17.4. The van der Waals surface area contributed by atoms with Gasteiger partial charge in [0.05, 0.1) is 6.61 Å². The molecule has 1 N–H and O–H groups in total. The predicted molar refractivity (Wildman–Crippen MR) is 84.7 cm³/mol. The normalized spacial score (nSPS) is 11.2. The number of carbonyl (C=O) groups is 1. The molecule has 0 aliphatic carbocycles. The zero-order valence-electron chi connectivity index (χ0n) is 13.7. The number of aromatic nitrogens is 1. The van der Waals surface area contributed by atoms with E-state index in [9.17, 15) is 4.79 Å². The number of hydrogen-bond donors (Lipinski definition) is 1. The Kier molecular flexibility index (Phi) is 7.15. The summed E-state index contributed by atoms with van der Waals surface area (Å²) in [6.07, 6.45) is 1.63. The fraction of sp³-hybridized carbons (Fsp3) is 0.625. The highest BCUT2D eigenvalue weighted by Gasteiger charge is 2.15. The first-order valence-electron chi connectivity index (χ1n) is 7.59. The van der Waals surface area contributed by atoms with Crippen molar-refractivity contribution in [2.24, 2.45) is 0 Å².